The van der Waals surface area contributed by atoms with Crippen molar-refractivity contribution in [2.45, 2.75) is 57.0 Å². The van der Waals surface area contributed by atoms with Crippen LogP contribution in [0.2, 0.25) is 0 Å². The molecule has 2 aliphatic rings. The SMILES string of the molecule is COc1ccc(CC2c3c(cc(OC)c(OC)c3OC)CC[N+]2(C)CCCOC(=O)C#CC(=O)CCC[N+]2(C)CCc3cc(OC)c(OC)cc3C2Cc2cc(OC)c(OC)c(OC)c2)cc1OC.[Cl-].[Cl-]. The summed E-state index contributed by atoms with van der Waals surface area (Å²) in [7, 11) is 20.7. The van der Waals surface area contributed by atoms with E-state index in [-0.39, 0.29) is 55.7 Å². The summed E-state index contributed by atoms with van der Waals surface area (Å²) in [6, 6.07) is 16.1. The number of benzene rings is 4. The summed E-state index contributed by atoms with van der Waals surface area (Å²) < 4.78 is 64.1. The first-order valence-electron chi connectivity index (χ1n) is 23.2. The minimum absolute atomic E-state index is 0. The number of likely N-dealkylation sites (N-methyl/N-ethyl adjacent to an activating group) is 2. The van der Waals surface area contributed by atoms with Crippen molar-refractivity contribution >= 4 is 11.8 Å². The Labute approximate surface area is 431 Å². The molecule has 0 fully saturated rings. The Morgan fingerprint density at radius 2 is 1.01 bits per heavy atom. The highest BCUT2D eigenvalue weighted by molar-refractivity contribution is 6.01. The molecule has 0 N–H and O–H groups in total. The summed E-state index contributed by atoms with van der Waals surface area (Å²) in [5.74, 6) is 10.1. The molecule has 4 aromatic carbocycles. The van der Waals surface area contributed by atoms with Crippen molar-refractivity contribution in [1.29, 1.82) is 0 Å². The summed E-state index contributed by atoms with van der Waals surface area (Å²) >= 11 is 0. The molecule has 0 amide bonds. The summed E-state index contributed by atoms with van der Waals surface area (Å²) in [6.07, 6.45) is 4.25. The van der Waals surface area contributed by atoms with Gasteiger partial charge in [-0.15, -0.1) is 0 Å². The molecular weight excluding hydrogens is 956 g/mol. The molecule has 2 heterocycles. The number of ketones is 1. The van der Waals surface area contributed by atoms with E-state index in [1.54, 1.807) is 71.1 Å². The molecule has 6 rings (SSSR count). The fraction of sp³-hybridized carbons (Fsp3) is 0.481. The zero-order chi connectivity index (χ0) is 49.9. The molecule has 0 aliphatic carbocycles. The average molecular weight is 1030 g/mol. The summed E-state index contributed by atoms with van der Waals surface area (Å²) in [6.45, 7) is 3.19. The van der Waals surface area contributed by atoms with Gasteiger partial charge in [0.05, 0.1) is 124 Å². The number of esters is 1. The number of fused-ring (bicyclic) bond motifs is 2. The van der Waals surface area contributed by atoms with Crippen LogP contribution >= 0.6 is 0 Å². The van der Waals surface area contributed by atoms with Gasteiger partial charge < -0.3 is 85.9 Å². The fourth-order valence-corrected chi connectivity index (χ4v) is 10.3. The fourth-order valence-electron chi connectivity index (χ4n) is 10.3. The van der Waals surface area contributed by atoms with Gasteiger partial charge >= 0.3 is 5.97 Å². The quantitative estimate of drug-likeness (QED) is 0.0280. The standard InChI is InChI=1S/C54H70N2O13.2ClH/c1-55(24-20-37-32-45(61-5)46(62-6)34-40(37)41(55)28-36-30-47(63-7)52(66-10)48(31-36)64-8)22-13-15-39(57)17-19-50(58)69-26-14-23-56(2)25-21-38-33-49(65-9)53(67-11)54(68-12)51(38)42(56)27-35-16-18-43(59-3)44(29-35)60-4;;/h16,18,29-34,41-42H,13-15,20-28H2,1-12H3;2*1H/q+2;;/p-2. The number of rotatable bonds is 22. The molecular formula is C54H70Cl2N2O13. The van der Waals surface area contributed by atoms with Gasteiger partial charge in [-0.25, -0.2) is 4.79 Å². The van der Waals surface area contributed by atoms with Gasteiger partial charge in [0.2, 0.25) is 17.3 Å². The Morgan fingerprint density at radius 1 is 0.521 bits per heavy atom. The molecule has 0 spiro atoms. The van der Waals surface area contributed by atoms with Crippen LogP contribution in [0, 0.1) is 11.8 Å². The third kappa shape index (κ3) is 12.8. The van der Waals surface area contributed by atoms with E-state index in [1.807, 2.05) is 30.3 Å². The Kier molecular flexibility index (Phi) is 21.1. The van der Waals surface area contributed by atoms with Crippen molar-refractivity contribution in [3.05, 3.63) is 81.9 Å². The first kappa shape index (κ1) is 57.7. The van der Waals surface area contributed by atoms with Gasteiger partial charge in [-0.05, 0) is 70.6 Å². The summed E-state index contributed by atoms with van der Waals surface area (Å²) in [5, 5.41) is 0. The highest BCUT2D eigenvalue weighted by Crippen LogP contribution is 2.51. The normalized spacial score (nSPS) is 18.5. The largest absolute Gasteiger partial charge is 1.00 e. The van der Waals surface area contributed by atoms with E-state index in [0.29, 0.717) is 105 Å². The van der Waals surface area contributed by atoms with Crippen molar-refractivity contribution in [1.82, 2.24) is 0 Å². The number of hydrogen-bond donors (Lipinski definition) is 0. The summed E-state index contributed by atoms with van der Waals surface area (Å²) in [5.41, 5.74) is 6.60. The molecule has 4 aromatic rings. The third-order valence-corrected chi connectivity index (χ3v) is 14.0. The minimum Gasteiger partial charge on any atom is -1.00 e. The van der Waals surface area contributed by atoms with Crippen LogP contribution in [0.15, 0.2) is 48.5 Å². The molecule has 71 heavy (non-hydrogen) atoms. The van der Waals surface area contributed by atoms with Crippen LogP contribution in [0.3, 0.4) is 0 Å². The Hall–Kier alpha value is -5.92. The lowest BCUT2D eigenvalue weighted by molar-refractivity contribution is -0.941. The van der Waals surface area contributed by atoms with Gasteiger partial charge in [0.1, 0.15) is 12.1 Å². The highest BCUT2D eigenvalue weighted by Gasteiger charge is 2.43. The van der Waals surface area contributed by atoms with E-state index in [9.17, 15) is 9.59 Å². The Balaban J connectivity index is 0.00000548. The zero-order valence-corrected chi connectivity index (χ0v) is 44.7. The van der Waals surface area contributed by atoms with Crippen LogP contribution < -0.4 is 72.2 Å². The number of hydrogen-bond acceptors (Lipinski definition) is 13. The lowest BCUT2D eigenvalue weighted by Gasteiger charge is -2.46. The molecule has 0 bridgehead atoms. The van der Waals surface area contributed by atoms with Crippen LogP contribution in [0.4, 0.5) is 0 Å². The van der Waals surface area contributed by atoms with Crippen LogP contribution in [0.1, 0.15) is 64.7 Å². The highest BCUT2D eigenvalue weighted by atomic mass is 35.5. The second-order valence-corrected chi connectivity index (χ2v) is 17.9. The van der Waals surface area contributed by atoms with Crippen LogP contribution in [0.25, 0.3) is 0 Å². The molecule has 2 aliphatic heterocycles. The van der Waals surface area contributed by atoms with Crippen molar-refractivity contribution in [2.75, 3.05) is 118 Å². The van der Waals surface area contributed by atoms with Gasteiger partial charge in [0.25, 0.3) is 0 Å². The molecule has 0 saturated carbocycles. The molecule has 0 saturated heterocycles. The van der Waals surface area contributed by atoms with Crippen molar-refractivity contribution in [3.8, 4) is 69.3 Å². The van der Waals surface area contributed by atoms with Crippen molar-refractivity contribution in [2.24, 2.45) is 0 Å². The smallest absolute Gasteiger partial charge is 0.384 e. The number of methoxy groups -OCH3 is 10. The van der Waals surface area contributed by atoms with Crippen LogP contribution in [-0.4, -0.2) is 139 Å². The number of ether oxygens (including phenoxy) is 11. The average Bonchev–Trinajstić information content (AvgIpc) is 3.37. The van der Waals surface area contributed by atoms with Gasteiger partial charge in [0, 0.05) is 56.4 Å². The number of carbonyl (C=O) groups excluding carboxylic acids is 2. The van der Waals surface area contributed by atoms with Crippen molar-refractivity contribution < 1.29 is 95.5 Å². The number of quaternary nitrogens is 2. The van der Waals surface area contributed by atoms with E-state index in [4.69, 9.17) is 52.1 Å². The maximum Gasteiger partial charge on any atom is 0.384 e. The molecule has 17 heteroatoms. The number of carbonyl (C=O) groups is 2. The summed E-state index contributed by atoms with van der Waals surface area (Å²) in [4.78, 5) is 26.1. The van der Waals surface area contributed by atoms with E-state index in [0.717, 1.165) is 53.7 Å². The molecule has 388 valence electrons. The minimum atomic E-state index is -0.725. The molecule has 4 atom stereocenters. The van der Waals surface area contributed by atoms with Crippen molar-refractivity contribution in [3.63, 3.8) is 0 Å². The van der Waals surface area contributed by atoms with Gasteiger partial charge in [0.15, 0.2) is 46.0 Å². The van der Waals surface area contributed by atoms with E-state index < -0.39 is 5.97 Å². The third-order valence-electron chi connectivity index (χ3n) is 14.0. The lowest BCUT2D eigenvalue weighted by atomic mass is 9.85. The van der Waals surface area contributed by atoms with Crippen LogP contribution in [0.5, 0.6) is 57.5 Å². The van der Waals surface area contributed by atoms with Gasteiger partial charge in [-0.3, -0.25) is 4.79 Å². The monoisotopic (exact) mass is 1020 g/mol. The maximum absolute atomic E-state index is 13.2. The zero-order valence-electron chi connectivity index (χ0n) is 43.2. The maximum atomic E-state index is 13.2. The molecule has 4 unspecified atom stereocenters. The molecule has 15 nitrogen and oxygen atoms in total. The van der Waals surface area contributed by atoms with Gasteiger partial charge in [-0.2, -0.15) is 0 Å². The predicted molar refractivity (Wildman–Crippen MR) is 261 cm³/mol. The second kappa shape index (κ2) is 26.0. The van der Waals surface area contributed by atoms with E-state index >= 15 is 0 Å². The Bertz CT molecular complexity index is 2520. The van der Waals surface area contributed by atoms with Gasteiger partial charge in [-0.1, -0.05) is 6.07 Å². The number of Topliss-reactive ketones (excluding diaryl/α,β-unsaturated/α-hetero) is 1. The first-order chi connectivity index (χ1) is 33.3. The van der Waals surface area contributed by atoms with Crippen LogP contribution in [-0.2, 0) is 40.0 Å². The number of halogens is 2. The molecule has 0 radical (unpaired) electrons. The lowest BCUT2D eigenvalue weighted by Crippen LogP contribution is -3.00. The molecule has 0 aromatic heterocycles. The van der Waals surface area contributed by atoms with E-state index in [1.165, 1.54) is 5.56 Å². The first-order valence-corrected chi connectivity index (χ1v) is 23.2. The predicted octanol–water partition coefficient (Wildman–Crippen LogP) is 1.34. The second-order valence-electron chi connectivity index (χ2n) is 17.9. The van der Waals surface area contributed by atoms with E-state index in [2.05, 4.69) is 44.1 Å². The Morgan fingerprint density at radius 3 is 1.61 bits per heavy atom. The number of nitrogens with zero attached hydrogens (tertiary/aromatic N) is 2. The topological polar surface area (TPSA) is 136 Å².